The Morgan fingerprint density at radius 3 is 2.50 bits per heavy atom. The number of allylic oxidation sites excluding steroid dienone is 1. The van der Waals surface area contributed by atoms with Crippen molar-refractivity contribution in [3.63, 3.8) is 0 Å². The van der Waals surface area contributed by atoms with Gasteiger partial charge in [-0.1, -0.05) is 24.6 Å². The van der Waals surface area contributed by atoms with E-state index in [1.807, 2.05) is 54.9 Å². The number of nitrogens with one attached hydrogen (secondary N) is 2. The van der Waals surface area contributed by atoms with E-state index in [1.165, 1.54) is 0 Å². The zero-order valence-electron chi connectivity index (χ0n) is 32.0. The predicted molar refractivity (Wildman–Crippen MR) is 221 cm³/mol. The molecule has 2 N–H and O–H groups in total. The molecule has 4 aliphatic rings. The average Bonchev–Trinajstić information content (AvgIpc) is 3.77. The topological polar surface area (TPSA) is 129 Å². The van der Waals surface area contributed by atoms with Crippen LogP contribution in [0, 0.1) is 11.8 Å². The first kappa shape index (κ1) is 35.7. The Balaban J connectivity index is 0.655. The Morgan fingerprint density at radius 2 is 1.69 bits per heavy atom. The van der Waals surface area contributed by atoms with Gasteiger partial charge in [0.05, 0.1) is 12.7 Å². The number of carbonyl (C=O) groups excluding carboxylic acids is 2. The van der Waals surface area contributed by atoms with Crippen LogP contribution in [0.4, 0.5) is 5.69 Å². The molecular weight excluding hydrogens is 729 g/mol. The van der Waals surface area contributed by atoms with Gasteiger partial charge in [-0.05, 0) is 78.4 Å². The highest BCUT2D eigenvalue weighted by atomic mass is 16.5. The van der Waals surface area contributed by atoms with Gasteiger partial charge in [0.15, 0.2) is 0 Å². The maximum absolute atomic E-state index is 13.1. The summed E-state index contributed by atoms with van der Waals surface area (Å²) in [6.07, 6.45) is 10.3. The second-order valence-electron chi connectivity index (χ2n) is 15.5. The van der Waals surface area contributed by atoms with E-state index in [0.717, 1.165) is 89.0 Å². The van der Waals surface area contributed by atoms with Crippen molar-refractivity contribution in [1.29, 1.82) is 0 Å². The number of carbonyl (C=O) groups is 2. The molecule has 1 aliphatic carbocycles. The molecule has 1 unspecified atom stereocenters. The first-order valence-electron chi connectivity index (χ1n) is 19.9. The van der Waals surface area contributed by atoms with Crippen LogP contribution in [0.15, 0.2) is 104 Å². The minimum atomic E-state index is -0.449. The van der Waals surface area contributed by atoms with E-state index in [1.54, 1.807) is 17.3 Å². The molecule has 4 aromatic heterocycles. The highest BCUT2D eigenvalue weighted by Gasteiger charge is 2.38. The molecule has 3 aliphatic heterocycles. The molecule has 0 radical (unpaired) electrons. The van der Waals surface area contributed by atoms with Gasteiger partial charge in [0.25, 0.3) is 5.91 Å². The number of hydrogen-bond acceptors (Lipinski definition) is 9. The van der Waals surface area contributed by atoms with Crippen LogP contribution in [-0.2, 0) is 11.3 Å². The Kier molecular flexibility index (Phi) is 9.22. The summed E-state index contributed by atoms with van der Waals surface area (Å²) in [5, 5.41) is 5.08. The first-order chi connectivity index (χ1) is 28.4. The molecule has 12 heteroatoms. The lowest BCUT2D eigenvalue weighted by Gasteiger charge is -2.35. The number of hydrogen-bond donors (Lipinski definition) is 2. The molecule has 1 saturated carbocycles. The van der Waals surface area contributed by atoms with Crippen molar-refractivity contribution in [1.82, 2.24) is 35.1 Å². The summed E-state index contributed by atoms with van der Waals surface area (Å²) in [7, 11) is 0. The van der Waals surface area contributed by atoms with Crippen LogP contribution >= 0.6 is 0 Å². The second kappa shape index (κ2) is 15.0. The van der Waals surface area contributed by atoms with Crippen LogP contribution in [0.5, 0.6) is 11.6 Å². The van der Waals surface area contributed by atoms with Crippen LogP contribution in [0.25, 0.3) is 32.9 Å². The molecule has 58 heavy (non-hydrogen) atoms. The fourth-order valence-electron chi connectivity index (χ4n) is 8.39. The summed E-state index contributed by atoms with van der Waals surface area (Å²) in [4.78, 5) is 49.0. The number of pyridine rings is 3. The van der Waals surface area contributed by atoms with E-state index in [0.29, 0.717) is 48.8 Å². The maximum atomic E-state index is 13.1. The molecular formula is C46H42N8O4. The minimum Gasteiger partial charge on any atom is -0.489 e. The number of ether oxygens (including phenoxy) is 2. The summed E-state index contributed by atoms with van der Waals surface area (Å²) in [6, 6.07) is 21.8. The van der Waals surface area contributed by atoms with Crippen molar-refractivity contribution >= 4 is 39.3 Å². The number of aromatic amines is 1. The van der Waals surface area contributed by atoms with Gasteiger partial charge in [-0.25, -0.2) is 9.97 Å². The van der Waals surface area contributed by atoms with E-state index in [9.17, 15) is 9.59 Å². The lowest BCUT2D eigenvalue weighted by atomic mass is 9.92. The standard InChI is InChI=1S/C46H42N8O4/c1-29-4-12-43(45(55)50-29)54-28-32-21-34(8-11-38(32)46(54)56)53-19-17-52(18-20-53)16-2-3-33-7-9-35(26-48-33)57-36-23-37(24-36)58-44-13-6-31(25-49-44)30-5-10-39-40-27-47-15-14-41(40)51-42(39)22-30/h5-11,13-15,21-22,25-27,36-37,43,51H,1,4,12,16-20,23-24,28H2,(H,50,55). The summed E-state index contributed by atoms with van der Waals surface area (Å²) < 4.78 is 12.3. The van der Waals surface area contributed by atoms with E-state index in [-0.39, 0.29) is 24.0 Å². The van der Waals surface area contributed by atoms with Gasteiger partial charge in [-0.2, -0.15) is 0 Å². The van der Waals surface area contributed by atoms with Gasteiger partial charge in [-0.15, -0.1) is 0 Å². The lowest BCUT2D eigenvalue weighted by molar-refractivity contribution is -0.126. The van der Waals surface area contributed by atoms with Crippen LogP contribution in [0.2, 0.25) is 0 Å². The second-order valence-corrected chi connectivity index (χ2v) is 15.5. The number of benzene rings is 2. The average molecular weight is 771 g/mol. The molecule has 290 valence electrons. The monoisotopic (exact) mass is 770 g/mol. The number of rotatable bonds is 8. The minimum absolute atomic E-state index is 0.0587. The zero-order valence-corrected chi connectivity index (χ0v) is 32.0. The highest BCUT2D eigenvalue weighted by Crippen LogP contribution is 2.33. The number of piperidine rings is 1. The molecule has 1 atom stereocenters. The number of piperazine rings is 1. The zero-order chi connectivity index (χ0) is 39.2. The molecule has 0 bridgehead atoms. The van der Waals surface area contributed by atoms with E-state index in [2.05, 4.69) is 77.7 Å². The normalized spacial score (nSPS) is 20.7. The van der Waals surface area contributed by atoms with Crippen molar-refractivity contribution in [3.8, 4) is 34.6 Å². The molecule has 12 nitrogen and oxygen atoms in total. The van der Waals surface area contributed by atoms with Gasteiger partial charge in [0, 0.05) is 115 Å². The number of fused-ring (bicyclic) bond motifs is 4. The molecule has 2 saturated heterocycles. The Hall–Kier alpha value is -6.71. The Labute approximate surface area is 335 Å². The smallest absolute Gasteiger partial charge is 0.255 e. The van der Waals surface area contributed by atoms with Gasteiger partial charge < -0.3 is 29.6 Å². The molecule has 2 aromatic carbocycles. The number of H-pyrrole nitrogens is 1. The molecule has 6 aromatic rings. The lowest BCUT2D eigenvalue weighted by Crippen LogP contribution is -2.49. The third-order valence-electron chi connectivity index (χ3n) is 11.7. The van der Waals surface area contributed by atoms with E-state index < -0.39 is 6.04 Å². The Morgan fingerprint density at radius 1 is 0.828 bits per heavy atom. The number of amides is 2. The van der Waals surface area contributed by atoms with Gasteiger partial charge >= 0.3 is 0 Å². The number of aromatic nitrogens is 4. The van der Waals surface area contributed by atoms with Crippen LogP contribution < -0.4 is 19.7 Å². The quantitative estimate of drug-likeness (QED) is 0.177. The van der Waals surface area contributed by atoms with Crippen molar-refractivity contribution < 1.29 is 19.1 Å². The number of nitrogens with zero attached hydrogens (tertiary/aromatic N) is 6. The molecule has 7 heterocycles. The van der Waals surface area contributed by atoms with Crippen LogP contribution in [-0.4, -0.2) is 92.5 Å². The molecule has 3 fully saturated rings. The van der Waals surface area contributed by atoms with Gasteiger partial charge in [0.1, 0.15) is 29.7 Å². The summed E-state index contributed by atoms with van der Waals surface area (Å²) in [6.45, 7) is 8.49. The SMILES string of the molecule is C=C1CCC(N2Cc3cc(N4CCN(CC#Cc5ccc(OC6CC(Oc7ccc(-c8ccc9c(c8)[nH]c8ccncc89)cn7)C6)cn5)CC4)ccc3C2=O)C(=O)N1. The third kappa shape index (κ3) is 7.09. The van der Waals surface area contributed by atoms with Crippen molar-refractivity contribution in [2.75, 3.05) is 37.6 Å². The molecule has 0 spiro atoms. The summed E-state index contributed by atoms with van der Waals surface area (Å²) in [5.41, 5.74) is 8.47. The summed E-state index contributed by atoms with van der Waals surface area (Å²) >= 11 is 0. The van der Waals surface area contributed by atoms with Crippen LogP contribution in [0.1, 0.15) is 47.3 Å². The van der Waals surface area contributed by atoms with Crippen molar-refractivity contribution in [2.24, 2.45) is 0 Å². The fourth-order valence-corrected chi connectivity index (χ4v) is 8.39. The Bertz CT molecular complexity index is 2610. The number of anilines is 1. The van der Waals surface area contributed by atoms with Crippen LogP contribution in [0.3, 0.4) is 0 Å². The summed E-state index contributed by atoms with van der Waals surface area (Å²) in [5.74, 6) is 7.62. The maximum Gasteiger partial charge on any atom is 0.255 e. The molecule has 10 rings (SSSR count). The van der Waals surface area contributed by atoms with E-state index in [4.69, 9.17) is 9.47 Å². The highest BCUT2D eigenvalue weighted by molar-refractivity contribution is 6.07. The van der Waals surface area contributed by atoms with Crippen molar-refractivity contribution in [2.45, 2.75) is 50.5 Å². The fraction of sp³-hybridized carbons (Fsp3) is 0.283. The van der Waals surface area contributed by atoms with Gasteiger partial charge in [0.2, 0.25) is 11.8 Å². The first-order valence-corrected chi connectivity index (χ1v) is 19.9. The van der Waals surface area contributed by atoms with E-state index >= 15 is 0 Å². The van der Waals surface area contributed by atoms with Gasteiger partial charge in [-0.3, -0.25) is 19.5 Å². The largest absolute Gasteiger partial charge is 0.489 e. The van der Waals surface area contributed by atoms with Crippen molar-refractivity contribution in [3.05, 3.63) is 121 Å². The molecule has 2 amide bonds. The predicted octanol–water partition coefficient (Wildman–Crippen LogP) is 6.08. The third-order valence-corrected chi connectivity index (χ3v) is 11.7.